The smallest absolute Gasteiger partial charge is 0.304 e. The van der Waals surface area contributed by atoms with Crippen LogP contribution in [0.25, 0.3) is 0 Å². The third-order valence-corrected chi connectivity index (χ3v) is 2.27. The van der Waals surface area contributed by atoms with Gasteiger partial charge < -0.3 is 4.90 Å². The molecule has 0 atom stereocenters. The van der Waals surface area contributed by atoms with Gasteiger partial charge in [0.15, 0.2) is 0 Å². The van der Waals surface area contributed by atoms with E-state index in [0.29, 0.717) is 0 Å². The monoisotopic (exact) mass is 189 g/mol. The molecule has 0 saturated carbocycles. The quantitative estimate of drug-likeness (QED) is 0.577. The highest BCUT2D eigenvalue weighted by Gasteiger charge is 2.36. The van der Waals surface area contributed by atoms with E-state index in [2.05, 4.69) is 4.94 Å². The lowest BCUT2D eigenvalue weighted by Crippen LogP contribution is -2.48. The van der Waals surface area contributed by atoms with E-state index in [1.54, 1.807) is 13.8 Å². The summed E-state index contributed by atoms with van der Waals surface area (Å²) in [4.78, 5) is 26.4. The second-order valence-electron chi connectivity index (χ2n) is 3.82. The fourth-order valence-electron chi connectivity index (χ4n) is 1.42. The molecular formula is C8H12FNO3. The second kappa shape index (κ2) is 3.32. The van der Waals surface area contributed by atoms with Crippen molar-refractivity contribution in [3.63, 3.8) is 0 Å². The summed E-state index contributed by atoms with van der Waals surface area (Å²) in [5, 5.41) is 0. The highest BCUT2D eigenvalue weighted by molar-refractivity contribution is 5.86. The van der Waals surface area contributed by atoms with Gasteiger partial charge in [-0.1, -0.05) is 13.8 Å². The molecule has 0 aromatic carbocycles. The summed E-state index contributed by atoms with van der Waals surface area (Å²) in [6.45, 7) is 3.92. The van der Waals surface area contributed by atoms with Crippen molar-refractivity contribution in [2.75, 3.05) is 13.1 Å². The maximum Gasteiger partial charge on any atom is 0.447 e. The van der Waals surface area contributed by atoms with Gasteiger partial charge in [0.2, 0.25) is 0 Å². The van der Waals surface area contributed by atoms with Crippen molar-refractivity contribution in [3.05, 3.63) is 0 Å². The fraction of sp³-hybridized carbons (Fsp3) is 0.750. The van der Waals surface area contributed by atoms with Gasteiger partial charge in [-0.05, 0) is 0 Å². The maximum atomic E-state index is 11.5. The number of amides is 1. The molecular weight excluding hydrogens is 177 g/mol. The number of piperidine rings is 1. The minimum absolute atomic E-state index is 0.0930. The largest absolute Gasteiger partial charge is 0.447 e. The third kappa shape index (κ3) is 1.96. The van der Waals surface area contributed by atoms with Crippen LogP contribution in [0.5, 0.6) is 0 Å². The van der Waals surface area contributed by atoms with Gasteiger partial charge in [0.25, 0.3) is 0 Å². The zero-order chi connectivity index (χ0) is 10.1. The number of carbonyl (C=O) groups excluding carboxylic acids is 2. The van der Waals surface area contributed by atoms with Crippen molar-refractivity contribution in [2.24, 2.45) is 5.41 Å². The summed E-state index contributed by atoms with van der Waals surface area (Å²) < 4.78 is 11.5. The summed E-state index contributed by atoms with van der Waals surface area (Å²) >= 11 is 0. The van der Waals surface area contributed by atoms with Crippen molar-refractivity contribution in [2.45, 2.75) is 20.3 Å². The molecule has 1 aliphatic heterocycles. The lowest BCUT2D eigenvalue weighted by Gasteiger charge is -2.34. The molecule has 13 heavy (non-hydrogen) atoms. The van der Waals surface area contributed by atoms with E-state index in [-0.39, 0.29) is 25.3 Å². The van der Waals surface area contributed by atoms with Gasteiger partial charge in [-0.2, -0.15) is 0 Å². The predicted molar refractivity (Wildman–Crippen MR) is 42.6 cm³/mol. The number of hydrogen-bond donors (Lipinski definition) is 0. The van der Waals surface area contributed by atoms with Crippen molar-refractivity contribution in [1.29, 1.82) is 0 Å². The van der Waals surface area contributed by atoms with Crippen LogP contribution in [0.3, 0.4) is 0 Å². The second-order valence-corrected chi connectivity index (χ2v) is 3.82. The Morgan fingerprint density at radius 1 is 1.62 bits per heavy atom. The van der Waals surface area contributed by atoms with Crippen LogP contribution in [0.4, 0.5) is 9.32 Å². The van der Waals surface area contributed by atoms with Gasteiger partial charge in [0.1, 0.15) is 5.78 Å². The molecule has 0 radical (unpaired) electrons. The predicted octanol–water partition coefficient (Wildman–Crippen LogP) is 1.31. The molecule has 4 nitrogen and oxygen atoms in total. The van der Waals surface area contributed by atoms with Crippen LogP contribution in [-0.2, 0) is 9.74 Å². The molecule has 0 aromatic heterocycles. The van der Waals surface area contributed by atoms with Crippen LogP contribution in [0.2, 0.25) is 0 Å². The molecule has 74 valence electrons. The van der Waals surface area contributed by atoms with Gasteiger partial charge in [0.05, 0.1) is 0 Å². The van der Waals surface area contributed by atoms with Crippen molar-refractivity contribution < 1.29 is 19.1 Å². The normalized spacial score (nSPS) is 21.5. The third-order valence-electron chi connectivity index (χ3n) is 2.27. The summed E-state index contributed by atoms with van der Waals surface area (Å²) in [6.07, 6.45) is -0.747. The Balaban J connectivity index is 2.66. The van der Waals surface area contributed by atoms with Crippen molar-refractivity contribution >= 4 is 11.9 Å². The molecule has 0 aromatic rings. The Morgan fingerprint density at radius 3 is 2.69 bits per heavy atom. The average molecular weight is 189 g/mol. The first-order valence-electron chi connectivity index (χ1n) is 4.08. The van der Waals surface area contributed by atoms with Gasteiger partial charge in [-0.3, -0.25) is 4.79 Å². The number of Topliss-reactive ketones (excluding diaryl/α,β-unsaturated/α-hetero) is 1. The van der Waals surface area contributed by atoms with E-state index < -0.39 is 11.5 Å². The van der Waals surface area contributed by atoms with Crippen LogP contribution >= 0.6 is 0 Å². The summed E-state index contributed by atoms with van der Waals surface area (Å²) in [5.41, 5.74) is -0.591. The number of rotatable bonds is 0. The first-order valence-corrected chi connectivity index (χ1v) is 4.08. The Hall–Kier alpha value is -1.13. The molecule has 1 fully saturated rings. The van der Waals surface area contributed by atoms with E-state index in [9.17, 15) is 14.1 Å². The van der Waals surface area contributed by atoms with Crippen LogP contribution in [0.1, 0.15) is 20.3 Å². The number of hydrogen-bond acceptors (Lipinski definition) is 3. The highest BCUT2D eigenvalue weighted by Crippen LogP contribution is 2.25. The molecule has 1 heterocycles. The minimum Gasteiger partial charge on any atom is -0.304 e. The van der Waals surface area contributed by atoms with Gasteiger partial charge in [0, 0.05) is 29.5 Å². The van der Waals surface area contributed by atoms with Crippen LogP contribution < -0.4 is 0 Å². The lowest BCUT2D eigenvalue weighted by atomic mass is 9.83. The minimum atomic E-state index is -1.01. The molecule has 0 spiro atoms. The first-order chi connectivity index (χ1) is 5.97. The summed E-state index contributed by atoms with van der Waals surface area (Å²) in [7, 11) is 0. The lowest BCUT2D eigenvalue weighted by molar-refractivity contribution is -0.133. The molecule has 1 aliphatic rings. The fourth-order valence-corrected chi connectivity index (χ4v) is 1.42. The number of halogens is 1. The zero-order valence-corrected chi connectivity index (χ0v) is 7.67. The van der Waals surface area contributed by atoms with Crippen molar-refractivity contribution in [3.8, 4) is 0 Å². The molecule has 1 amide bonds. The Labute approximate surface area is 75.6 Å². The van der Waals surface area contributed by atoms with Crippen LogP contribution in [0.15, 0.2) is 0 Å². The standard InChI is InChI=1S/C8H12FNO3/c1-8(2)5-10(7(12)13-9)4-3-6(8)11/h3-5H2,1-2H3. The zero-order valence-electron chi connectivity index (χ0n) is 7.67. The molecule has 5 heteroatoms. The number of carbonyl (C=O) groups is 2. The Kier molecular flexibility index (Phi) is 2.54. The Morgan fingerprint density at radius 2 is 2.23 bits per heavy atom. The molecule has 1 rings (SSSR count). The van der Waals surface area contributed by atoms with E-state index in [4.69, 9.17) is 0 Å². The number of likely N-dealkylation sites (tertiary alicyclic amines) is 1. The van der Waals surface area contributed by atoms with E-state index in [1.807, 2.05) is 0 Å². The highest BCUT2D eigenvalue weighted by atomic mass is 19.3. The Bertz CT molecular complexity index is 240. The van der Waals surface area contributed by atoms with Gasteiger partial charge >= 0.3 is 6.09 Å². The van der Waals surface area contributed by atoms with Gasteiger partial charge in [-0.25, -0.2) is 9.74 Å². The first kappa shape index (κ1) is 9.95. The van der Waals surface area contributed by atoms with E-state index in [0.717, 1.165) is 0 Å². The van der Waals surface area contributed by atoms with Crippen LogP contribution in [-0.4, -0.2) is 29.9 Å². The summed E-state index contributed by atoms with van der Waals surface area (Å²) in [5.74, 6) is 0.0930. The van der Waals surface area contributed by atoms with Crippen LogP contribution in [0, 0.1) is 5.41 Å². The average Bonchev–Trinajstić information content (AvgIpc) is 2.08. The molecule has 0 aliphatic carbocycles. The number of nitrogens with zero attached hydrogens (tertiary/aromatic N) is 1. The molecule has 0 bridgehead atoms. The number of ketones is 1. The molecule has 0 N–H and O–H groups in total. The van der Waals surface area contributed by atoms with Gasteiger partial charge in [-0.15, -0.1) is 0 Å². The van der Waals surface area contributed by atoms with Crippen molar-refractivity contribution in [1.82, 2.24) is 4.90 Å². The summed E-state index contributed by atoms with van der Waals surface area (Å²) in [6, 6.07) is 0. The SMILES string of the molecule is CC1(C)CN(C(=O)OF)CCC1=O. The van der Waals surface area contributed by atoms with E-state index >= 15 is 0 Å². The maximum absolute atomic E-state index is 11.5. The van der Waals surface area contributed by atoms with E-state index in [1.165, 1.54) is 4.90 Å². The molecule has 0 unspecified atom stereocenters. The topological polar surface area (TPSA) is 46.6 Å². The molecule has 1 saturated heterocycles.